The summed E-state index contributed by atoms with van der Waals surface area (Å²) in [4.78, 5) is 56.5. The lowest BCUT2D eigenvalue weighted by molar-refractivity contribution is -0.812. The number of nitrogens with zero attached hydrogens (tertiary/aromatic N) is 2. The van der Waals surface area contributed by atoms with Crippen molar-refractivity contribution in [3.05, 3.63) is 39.9 Å². The van der Waals surface area contributed by atoms with E-state index < -0.39 is 41.4 Å². The molecule has 0 aliphatic rings. The molecule has 1 aromatic carbocycles. The number of rotatable bonds is 12. The number of benzene rings is 1. The third kappa shape index (κ3) is 9.98. The Morgan fingerprint density at radius 1 is 1.19 bits per heavy atom. The van der Waals surface area contributed by atoms with Crippen LogP contribution in [0.1, 0.15) is 25.3 Å². The number of urea groups is 1. The number of carboxylic acids is 1. The van der Waals surface area contributed by atoms with Crippen molar-refractivity contribution in [2.24, 2.45) is 0 Å². The van der Waals surface area contributed by atoms with Gasteiger partial charge in [-0.3, -0.25) is 24.5 Å². The molecule has 1 unspecified atom stereocenters. The average Bonchev–Trinajstić information content (AvgIpc) is 2.66. The van der Waals surface area contributed by atoms with Crippen LogP contribution in [0.5, 0.6) is 0 Å². The number of quaternary nitrogens is 1. The van der Waals surface area contributed by atoms with Crippen LogP contribution < -0.4 is 5.32 Å². The highest BCUT2D eigenvalue weighted by atomic mass is 16.6. The van der Waals surface area contributed by atoms with E-state index in [1.165, 1.54) is 26.2 Å². The number of nitro groups is 1. The molecule has 0 heterocycles. The average molecular weight is 454 g/mol. The molecule has 0 aliphatic carbocycles. The van der Waals surface area contributed by atoms with Gasteiger partial charge in [0.25, 0.3) is 5.69 Å². The maximum atomic E-state index is 12.4. The summed E-state index contributed by atoms with van der Waals surface area (Å²) in [6.07, 6.45) is -1.10. The SMILES string of the molecule is CC(=O)OC(CC(=O)O)C[N+](C)(C)C(=O)NCCC(=O)OCCc1ccc([N+](=O)[O-])cc1. The summed E-state index contributed by atoms with van der Waals surface area (Å²) in [6, 6.07) is 5.43. The molecule has 0 spiro atoms. The second kappa shape index (κ2) is 12.3. The van der Waals surface area contributed by atoms with Crippen LogP contribution in [0.3, 0.4) is 0 Å². The number of carbonyl (C=O) groups excluding carboxylic acids is 3. The van der Waals surface area contributed by atoms with E-state index in [0.717, 1.165) is 12.5 Å². The van der Waals surface area contributed by atoms with Crippen LogP contribution >= 0.6 is 0 Å². The van der Waals surface area contributed by atoms with Crippen molar-refractivity contribution >= 4 is 29.6 Å². The lowest BCUT2D eigenvalue weighted by atomic mass is 10.1. The summed E-state index contributed by atoms with van der Waals surface area (Å²) >= 11 is 0. The van der Waals surface area contributed by atoms with Gasteiger partial charge < -0.3 is 19.9 Å². The molecule has 0 aliphatic heterocycles. The van der Waals surface area contributed by atoms with E-state index in [1.54, 1.807) is 12.1 Å². The second-order valence-electron chi connectivity index (χ2n) is 7.57. The second-order valence-corrected chi connectivity index (χ2v) is 7.57. The zero-order valence-corrected chi connectivity index (χ0v) is 18.2. The fourth-order valence-corrected chi connectivity index (χ4v) is 2.79. The molecular formula is C20H28N3O9+. The number of esters is 2. The van der Waals surface area contributed by atoms with Crippen molar-refractivity contribution in [2.45, 2.75) is 32.3 Å². The van der Waals surface area contributed by atoms with Gasteiger partial charge in [-0.15, -0.1) is 0 Å². The van der Waals surface area contributed by atoms with Gasteiger partial charge in [-0.25, -0.2) is 9.28 Å². The first-order valence-corrected chi connectivity index (χ1v) is 9.80. The van der Waals surface area contributed by atoms with Crippen LogP contribution in [-0.2, 0) is 30.3 Å². The third-order valence-corrected chi connectivity index (χ3v) is 4.35. The molecule has 2 N–H and O–H groups in total. The van der Waals surface area contributed by atoms with Crippen LogP contribution in [0.15, 0.2) is 24.3 Å². The number of amides is 2. The van der Waals surface area contributed by atoms with E-state index >= 15 is 0 Å². The Kier molecular flexibility index (Phi) is 10.2. The number of hydrogen-bond acceptors (Lipinski definition) is 8. The number of nitrogens with one attached hydrogen (secondary N) is 1. The molecule has 0 fully saturated rings. The molecule has 0 radical (unpaired) electrons. The minimum atomic E-state index is -1.16. The van der Waals surface area contributed by atoms with Crippen LogP contribution in [-0.4, -0.2) is 78.3 Å². The first-order chi connectivity index (χ1) is 14.9. The molecule has 0 saturated heterocycles. The smallest absolute Gasteiger partial charge is 0.416 e. The largest absolute Gasteiger partial charge is 0.481 e. The van der Waals surface area contributed by atoms with Gasteiger partial charge in [0, 0.05) is 32.0 Å². The normalized spacial score (nSPS) is 11.8. The fraction of sp³-hybridized carbons (Fsp3) is 0.500. The van der Waals surface area contributed by atoms with Gasteiger partial charge in [0.15, 0.2) is 6.10 Å². The molecule has 12 nitrogen and oxygen atoms in total. The van der Waals surface area contributed by atoms with Gasteiger partial charge in [-0.1, -0.05) is 12.1 Å². The van der Waals surface area contributed by atoms with Gasteiger partial charge in [-0.05, 0) is 5.56 Å². The molecule has 0 aromatic heterocycles. The van der Waals surface area contributed by atoms with Gasteiger partial charge in [0.2, 0.25) is 0 Å². The number of hydrogen-bond donors (Lipinski definition) is 2. The monoisotopic (exact) mass is 454 g/mol. The number of likely N-dealkylation sites (N-methyl/N-ethyl adjacent to an activating group) is 1. The first kappa shape index (κ1) is 26.5. The van der Waals surface area contributed by atoms with Crippen LogP contribution in [0, 0.1) is 10.1 Å². The lowest BCUT2D eigenvalue weighted by Crippen LogP contribution is -2.55. The Hall–Kier alpha value is -3.54. The van der Waals surface area contributed by atoms with Crippen LogP contribution in [0.4, 0.5) is 10.5 Å². The van der Waals surface area contributed by atoms with Crippen molar-refractivity contribution in [3.63, 3.8) is 0 Å². The van der Waals surface area contributed by atoms with Gasteiger partial charge >= 0.3 is 23.9 Å². The molecule has 0 bridgehead atoms. The van der Waals surface area contributed by atoms with Crippen molar-refractivity contribution in [1.82, 2.24) is 5.32 Å². The zero-order valence-electron chi connectivity index (χ0n) is 18.2. The quantitative estimate of drug-likeness (QED) is 0.205. The number of aliphatic carboxylic acids is 1. The summed E-state index contributed by atoms with van der Waals surface area (Å²) in [7, 11) is 3.05. The number of carbonyl (C=O) groups is 4. The third-order valence-electron chi connectivity index (χ3n) is 4.35. The molecule has 176 valence electrons. The van der Waals surface area contributed by atoms with E-state index in [4.69, 9.17) is 14.6 Å². The summed E-state index contributed by atoms with van der Waals surface area (Å²) in [5, 5.41) is 22.1. The Balaban J connectivity index is 2.39. The number of nitro benzene ring substituents is 1. The predicted octanol–water partition coefficient (Wildman–Crippen LogP) is 1.26. The Bertz CT molecular complexity index is 821. The van der Waals surface area contributed by atoms with E-state index in [0.29, 0.717) is 6.42 Å². The lowest BCUT2D eigenvalue weighted by Gasteiger charge is -2.29. The summed E-state index contributed by atoms with van der Waals surface area (Å²) in [5.74, 6) is -2.33. The maximum Gasteiger partial charge on any atom is 0.416 e. The summed E-state index contributed by atoms with van der Waals surface area (Å²) in [5.41, 5.74) is 0.754. The van der Waals surface area contributed by atoms with Gasteiger partial charge in [0.05, 0.1) is 38.5 Å². The molecule has 1 rings (SSSR count). The highest BCUT2D eigenvalue weighted by molar-refractivity contribution is 5.72. The van der Waals surface area contributed by atoms with Crippen molar-refractivity contribution < 1.29 is 43.2 Å². The predicted molar refractivity (Wildman–Crippen MR) is 111 cm³/mol. The zero-order chi connectivity index (χ0) is 24.3. The highest BCUT2D eigenvalue weighted by Crippen LogP contribution is 2.12. The molecular weight excluding hydrogens is 426 g/mol. The number of non-ortho nitro benzene ring substituents is 1. The first-order valence-electron chi connectivity index (χ1n) is 9.80. The fourth-order valence-electron chi connectivity index (χ4n) is 2.79. The van der Waals surface area contributed by atoms with Crippen molar-refractivity contribution in [1.29, 1.82) is 0 Å². The molecule has 1 atom stereocenters. The van der Waals surface area contributed by atoms with E-state index in [1.807, 2.05) is 0 Å². The van der Waals surface area contributed by atoms with Crippen molar-refractivity contribution in [2.75, 3.05) is 33.8 Å². The topological polar surface area (TPSA) is 162 Å². The van der Waals surface area contributed by atoms with E-state index in [9.17, 15) is 29.3 Å². The summed E-state index contributed by atoms with van der Waals surface area (Å²) in [6.45, 7) is 1.19. The van der Waals surface area contributed by atoms with Crippen LogP contribution in [0.25, 0.3) is 0 Å². The molecule has 0 saturated carbocycles. The standard InChI is InChI=1S/C20H27N3O9/c1-14(24)32-17(12-18(25)26)13-23(2,3)20(28)21-10-8-19(27)31-11-9-15-4-6-16(7-5-15)22(29)30/h4-7,17H,8-13H2,1-3H3,(H-,21,25,26,28)/p+1. The highest BCUT2D eigenvalue weighted by Gasteiger charge is 2.33. The molecule has 32 heavy (non-hydrogen) atoms. The van der Waals surface area contributed by atoms with E-state index in [2.05, 4.69) is 5.32 Å². The molecule has 1 aromatic rings. The Morgan fingerprint density at radius 3 is 2.34 bits per heavy atom. The Labute approximate surface area is 184 Å². The summed E-state index contributed by atoms with van der Waals surface area (Å²) < 4.78 is 9.75. The van der Waals surface area contributed by atoms with Gasteiger partial charge in [-0.2, -0.15) is 0 Å². The van der Waals surface area contributed by atoms with Crippen LogP contribution in [0.2, 0.25) is 0 Å². The van der Waals surface area contributed by atoms with Crippen molar-refractivity contribution in [3.8, 4) is 0 Å². The molecule has 2 amide bonds. The number of ether oxygens (including phenoxy) is 2. The minimum absolute atomic E-state index is 0.00798. The number of carboxylic acid groups (broad SMARTS) is 1. The minimum Gasteiger partial charge on any atom is -0.481 e. The molecule has 12 heteroatoms. The van der Waals surface area contributed by atoms with E-state index in [-0.39, 0.29) is 36.3 Å². The van der Waals surface area contributed by atoms with Gasteiger partial charge in [0.1, 0.15) is 6.54 Å². The Morgan fingerprint density at radius 2 is 1.81 bits per heavy atom. The maximum absolute atomic E-state index is 12.4.